The summed E-state index contributed by atoms with van der Waals surface area (Å²) in [5.41, 5.74) is 1.32. The van der Waals surface area contributed by atoms with Crippen LogP contribution in [0.15, 0.2) is 59.0 Å². The molecule has 3 rings (SSSR count). The van der Waals surface area contributed by atoms with Crippen molar-refractivity contribution in [1.29, 1.82) is 0 Å². The number of benzene rings is 2. The molecule has 0 fully saturated rings. The van der Waals surface area contributed by atoms with E-state index >= 15 is 0 Å². The van der Waals surface area contributed by atoms with Gasteiger partial charge in [-0.05, 0) is 42.3 Å². The molecule has 1 aliphatic heterocycles. The minimum atomic E-state index is -3.48. The fourth-order valence-corrected chi connectivity index (χ4v) is 4.31. The molecule has 1 heterocycles. The highest BCUT2D eigenvalue weighted by molar-refractivity contribution is 7.91. The molecular weight excluding hydrogens is 336 g/mol. The average molecular weight is 356 g/mol. The fourth-order valence-electron chi connectivity index (χ4n) is 2.75. The molecule has 2 aromatic carbocycles. The first-order valence-electron chi connectivity index (χ1n) is 8.31. The Hall–Kier alpha value is -2.40. The quantitative estimate of drug-likeness (QED) is 0.602. The number of hydrogen-bond donors (Lipinski definition) is 0. The molecule has 25 heavy (non-hydrogen) atoms. The molecule has 0 N–H and O–H groups in total. The molecule has 0 atom stereocenters. The van der Waals surface area contributed by atoms with Gasteiger partial charge in [-0.25, -0.2) is 8.42 Å². The minimum Gasteiger partial charge on any atom is -0.494 e. The Morgan fingerprint density at radius 1 is 1.08 bits per heavy atom. The normalized spacial score (nSPS) is 17.3. The van der Waals surface area contributed by atoms with Crippen molar-refractivity contribution in [3.8, 4) is 5.75 Å². The van der Waals surface area contributed by atoms with E-state index in [9.17, 15) is 13.2 Å². The van der Waals surface area contributed by atoms with Crippen molar-refractivity contribution < 1.29 is 17.9 Å². The molecular formula is C20H20O4S. The molecule has 0 amide bonds. The van der Waals surface area contributed by atoms with Crippen LogP contribution in [0.25, 0.3) is 6.08 Å². The minimum absolute atomic E-state index is 0.122. The lowest BCUT2D eigenvalue weighted by atomic mass is 10.0. The van der Waals surface area contributed by atoms with E-state index in [4.69, 9.17) is 4.74 Å². The van der Waals surface area contributed by atoms with Crippen molar-refractivity contribution in [2.45, 2.75) is 24.7 Å². The molecule has 130 valence electrons. The zero-order valence-corrected chi connectivity index (χ0v) is 14.9. The van der Waals surface area contributed by atoms with E-state index in [-0.39, 0.29) is 22.0 Å². The number of carbonyl (C=O) groups excluding carboxylic acids is 1. The van der Waals surface area contributed by atoms with Crippen molar-refractivity contribution in [3.05, 3.63) is 65.2 Å². The van der Waals surface area contributed by atoms with Crippen LogP contribution >= 0.6 is 0 Å². The van der Waals surface area contributed by atoms with Crippen LogP contribution in [0.2, 0.25) is 0 Å². The Morgan fingerprint density at radius 3 is 2.52 bits per heavy atom. The molecule has 0 unspecified atom stereocenters. The second-order valence-electron chi connectivity index (χ2n) is 6.02. The van der Waals surface area contributed by atoms with Crippen LogP contribution in [0.4, 0.5) is 0 Å². The number of sulfone groups is 1. The van der Waals surface area contributed by atoms with Crippen molar-refractivity contribution in [2.24, 2.45) is 0 Å². The highest BCUT2D eigenvalue weighted by Crippen LogP contribution is 2.29. The van der Waals surface area contributed by atoms with Gasteiger partial charge in [-0.3, -0.25) is 4.79 Å². The number of rotatable bonds is 5. The third kappa shape index (κ3) is 3.82. The Balaban J connectivity index is 1.86. The summed E-state index contributed by atoms with van der Waals surface area (Å²) in [7, 11) is -3.48. The SMILES string of the molecule is CCCCOc1ccc(/C=C2/CS(=O)(=O)c3ccccc3C2=O)cc1. The number of ketones is 1. The summed E-state index contributed by atoms with van der Waals surface area (Å²) in [6.07, 6.45) is 3.71. The summed E-state index contributed by atoms with van der Waals surface area (Å²) in [4.78, 5) is 12.7. The van der Waals surface area contributed by atoms with Crippen LogP contribution in [-0.4, -0.2) is 26.6 Å². The first-order chi connectivity index (χ1) is 12.0. The lowest BCUT2D eigenvalue weighted by Gasteiger charge is -2.17. The smallest absolute Gasteiger partial charge is 0.191 e. The van der Waals surface area contributed by atoms with E-state index in [1.807, 2.05) is 24.3 Å². The lowest BCUT2D eigenvalue weighted by molar-refractivity contribution is 0.103. The van der Waals surface area contributed by atoms with Crippen molar-refractivity contribution in [3.63, 3.8) is 0 Å². The molecule has 0 aromatic heterocycles. The molecule has 0 spiro atoms. The predicted octanol–water partition coefficient (Wildman–Crippen LogP) is 3.92. The van der Waals surface area contributed by atoms with E-state index < -0.39 is 9.84 Å². The van der Waals surface area contributed by atoms with Crippen LogP contribution in [0.5, 0.6) is 5.75 Å². The van der Waals surface area contributed by atoms with E-state index in [0.29, 0.717) is 12.2 Å². The van der Waals surface area contributed by atoms with Crippen LogP contribution in [-0.2, 0) is 9.84 Å². The standard InChI is InChI=1S/C20H20O4S/c1-2-3-12-24-17-10-8-15(9-11-17)13-16-14-25(22,23)19-7-5-4-6-18(19)20(16)21/h4-11,13H,2-3,12,14H2,1H3/b16-13-. The number of Topliss-reactive ketones (excluding diaryl/α,β-unsaturated/α-hetero) is 1. The van der Waals surface area contributed by atoms with Gasteiger partial charge in [-0.2, -0.15) is 0 Å². The van der Waals surface area contributed by atoms with Gasteiger partial charge in [0.05, 0.1) is 17.3 Å². The van der Waals surface area contributed by atoms with Gasteiger partial charge in [0.25, 0.3) is 0 Å². The van der Waals surface area contributed by atoms with Gasteiger partial charge in [-0.1, -0.05) is 37.6 Å². The summed E-state index contributed by atoms with van der Waals surface area (Å²) in [6, 6.07) is 13.7. The average Bonchev–Trinajstić information content (AvgIpc) is 2.61. The van der Waals surface area contributed by atoms with Gasteiger partial charge in [0.2, 0.25) is 0 Å². The van der Waals surface area contributed by atoms with Crippen LogP contribution in [0, 0.1) is 0 Å². The van der Waals surface area contributed by atoms with Gasteiger partial charge in [-0.15, -0.1) is 0 Å². The number of carbonyl (C=O) groups is 1. The van der Waals surface area contributed by atoms with Crippen LogP contribution < -0.4 is 4.74 Å². The Labute approximate surface area is 148 Å². The molecule has 1 aliphatic rings. The summed E-state index contributed by atoms with van der Waals surface area (Å²) >= 11 is 0. The number of unbranched alkanes of at least 4 members (excludes halogenated alkanes) is 1. The monoisotopic (exact) mass is 356 g/mol. The first-order valence-corrected chi connectivity index (χ1v) is 9.96. The number of ether oxygens (including phenoxy) is 1. The topological polar surface area (TPSA) is 60.4 Å². The van der Waals surface area contributed by atoms with Crippen molar-refractivity contribution >= 4 is 21.7 Å². The zero-order valence-electron chi connectivity index (χ0n) is 14.1. The Morgan fingerprint density at radius 2 is 1.80 bits per heavy atom. The summed E-state index contributed by atoms with van der Waals surface area (Å²) in [6.45, 7) is 2.77. The highest BCUT2D eigenvalue weighted by Gasteiger charge is 2.32. The maximum atomic E-state index is 12.6. The van der Waals surface area contributed by atoms with E-state index in [1.165, 1.54) is 6.07 Å². The molecule has 0 saturated heterocycles. The van der Waals surface area contributed by atoms with Crippen LogP contribution in [0.3, 0.4) is 0 Å². The molecule has 4 nitrogen and oxygen atoms in total. The summed E-state index contributed by atoms with van der Waals surface area (Å²) in [5, 5.41) is 0. The van der Waals surface area contributed by atoms with Gasteiger partial charge >= 0.3 is 0 Å². The number of fused-ring (bicyclic) bond motifs is 1. The van der Waals surface area contributed by atoms with E-state index in [1.54, 1.807) is 24.3 Å². The number of hydrogen-bond acceptors (Lipinski definition) is 4. The third-order valence-electron chi connectivity index (χ3n) is 4.09. The summed E-state index contributed by atoms with van der Waals surface area (Å²) in [5.74, 6) is 0.273. The van der Waals surface area contributed by atoms with E-state index in [2.05, 4.69) is 6.92 Å². The Kier molecular flexibility index (Phi) is 5.04. The molecule has 0 aliphatic carbocycles. The van der Waals surface area contributed by atoms with Crippen molar-refractivity contribution in [2.75, 3.05) is 12.4 Å². The first kappa shape index (κ1) is 17.4. The van der Waals surface area contributed by atoms with Gasteiger partial charge in [0.15, 0.2) is 15.6 Å². The van der Waals surface area contributed by atoms with Crippen LogP contribution in [0.1, 0.15) is 35.7 Å². The molecule has 5 heteroatoms. The lowest BCUT2D eigenvalue weighted by Crippen LogP contribution is -2.24. The Bertz CT molecular complexity index is 909. The predicted molar refractivity (Wildman–Crippen MR) is 97.6 cm³/mol. The maximum absolute atomic E-state index is 12.6. The molecule has 0 radical (unpaired) electrons. The maximum Gasteiger partial charge on any atom is 0.191 e. The highest BCUT2D eigenvalue weighted by atomic mass is 32.2. The van der Waals surface area contributed by atoms with E-state index in [0.717, 1.165) is 24.2 Å². The van der Waals surface area contributed by atoms with Crippen molar-refractivity contribution in [1.82, 2.24) is 0 Å². The summed E-state index contributed by atoms with van der Waals surface area (Å²) < 4.78 is 30.4. The fraction of sp³-hybridized carbons (Fsp3) is 0.250. The zero-order chi connectivity index (χ0) is 17.9. The third-order valence-corrected chi connectivity index (χ3v) is 5.81. The molecule has 0 saturated carbocycles. The van der Waals surface area contributed by atoms with Gasteiger partial charge in [0, 0.05) is 11.1 Å². The largest absolute Gasteiger partial charge is 0.494 e. The second-order valence-corrected chi connectivity index (χ2v) is 7.98. The second kappa shape index (κ2) is 7.23. The van der Waals surface area contributed by atoms with Gasteiger partial charge in [0.1, 0.15) is 5.75 Å². The molecule has 0 bridgehead atoms. The molecule has 2 aromatic rings. The van der Waals surface area contributed by atoms with Gasteiger partial charge < -0.3 is 4.74 Å².